The van der Waals surface area contributed by atoms with Gasteiger partial charge in [-0.25, -0.2) is 4.39 Å². The molecule has 1 saturated carbocycles. The highest BCUT2D eigenvalue weighted by Crippen LogP contribution is 2.31. The average molecular weight is 324 g/mol. The van der Waals surface area contributed by atoms with E-state index in [2.05, 4.69) is 6.92 Å². The van der Waals surface area contributed by atoms with E-state index in [1.54, 1.807) is 0 Å². The fourth-order valence-electron chi connectivity index (χ4n) is 3.62. The fourth-order valence-corrected chi connectivity index (χ4v) is 3.62. The molecule has 0 radical (unpaired) electrons. The van der Waals surface area contributed by atoms with Crippen LogP contribution in [-0.4, -0.2) is 19.4 Å². The quantitative estimate of drug-likeness (QED) is 0.772. The monoisotopic (exact) mass is 324 g/mol. The highest BCUT2D eigenvalue weighted by molar-refractivity contribution is 5.38. The van der Waals surface area contributed by atoms with Crippen molar-refractivity contribution in [3.8, 4) is 5.75 Å². The van der Waals surface area contributed by atoms with Crippen molar-refractivity contribution >= 4 is 0 Å². The summed E-state index contributed by atoms with van der Waals surface area (Å²) < 4.78 is 38.2. The van der Waals surface area contributed by atoms with Crippen molar-refractivity contribution in [2.24, 2.45) is 11.8 Å². The molecule has 1 aliphatic heterocycles. The number of ether oxygens (including phenoxy) is 2. The van der Waals surface area contributed by atoms with Gasteiger partial charge in [-0.1, -0.05) is 19.8 Å². The summed E-state index contributed by atoms with van der Waals surface area (Å²) in [4.78, 5) is 0. The van der Waals surface area contributed by atoms with E-state index in [0.717, 1.165) is 11.5 Å². The van der Waals surface area contributed by atoms with Crippen LogP contribution < -0.4 is 4.74 Å². The molecule has 0 bridgehead atoms. The molecule has 0 N–H and O–H groups in total. The first-order chi connectivity index (χ1) is 11.2. The lowest BCUT2D eigenvalue weighted by molar-refractivity contribution is 0.0182. The number of halogens is 2. The van der Waals surface area contributed by atoms with E-state index in [4.69, 9.17) is 9.47 Å². The van der Waals surface area contributed by atoms with E-state index in [9.17, 15) is 8.78 Å². The molecule has 0 aromatic heterocycles. The lowest BCUT2D eigenvalue weighted by Crippen LogP contribution is -2.24. The molecule has 2 aliphatic rings. The minimum absolute atomic E-state index is 0.210. The van der Waals surface area contributed by atoms with Gasteiger partial charge < -0.3 is 9.47 Å². The highest BCUT2D eigenvalue weighted by Gasteiger charge is 2.24. The third-order valence-electron chi connectivity index (χ3n) is 5.22. The van der Waals surface area contributed by atoms with E-state index >= 15 is 0 Å². The number of hydrogen-bond donors (Lipinski definition) is 0. The third-order valence-corrected chi connectivity index (χ3v) is 5.22. The Morgan fingerprint density at radius 1 is 1.22 bits per heavy atom. The first kappa shape index (κ1) is 16.7. The minimum atomic E-state index is -0.428. The van der Waals surface area contributed by atoms with E-state index in [1.165, 1.54) is 31.7 Å². The van der Waals surface area contributed by atoms with Gasteiger partial charge in [0.25, 0.3) is 0 Å². The van der Waals surface area contributed by atoms with Crippen LogP contribution in [0.4, 0.5) is 8.78 Å². The summed E-state index contributed by atoms with van der Waals surface area (Å²) in [7, 11) is 0. The summed E-state index contributed by atoms with van der Waals surface area (Å²) in [6.07, 6.45) is 5.49. The van der Waals surface area contributed by atoms with Gasteiger partial charge in [-0.15, -0.1) is 0 Å². The Morgan fingerprint density at radius 2 is 2.00 bits per heavy atom. The summed E-state index contributed by atoms with van der Waals surface area (Å²) in [5.74, 6) is 1.74. The van der Waals surface area contributed by atoms with Crippen LogP contribution in [0.5, 0.6) is 5.75 Å². The predicted molar refractivity (Wildman–Crippen MR) is 85.9 cm³/mol. The van der Waals surface area contributed by atoms with Crippen molar-refractivity contribution in [3.05, 3.63) is 29.1 Å². The second kappa shape index (κ2) is 7.61. The van der Waals surface area contributed by atoms with Crippen LogP contribution in [0, 0.1) is 17.7 Å². The molecule has 128 valence electrons. The van der Waals surface area contributed by atoms with Gasteiger partial charge in [0.15, 0.2) is 0 Å². The van der Waals surface area contributed by atoms with Gasteiger partial charge in [0.2, 0.25) is 0 Å². The number of alkyl halides is 1. The van der Waals surface area contributed by atoms with Gasteiger partial charge in [-0.2, -0.15) is 0 Å². The molecule has 1 fully saturated rings. The van der Waals surface area contributed by atoms with Crippen molar-refractivity contribution in [2.45, 2.75) is 58.2 Å². The number of hydrogen-bond acceptors (Lipinski definition) is 2. The number of rotatable bonds is 5. The lowest BCUT2D eigenvalue weighted by atomic mass is 9.83. The van der Waals surface area contributed by atoms with Crippen LogP contribution in [-0.2, 0) is 17.8 Å². The molecule has 4 heteroatoms. The highest BCUT2D eigenvalue weighted by atomic mass is 19.1. The molecule has 23 heavy (non-hydrogen) atoms. The number of benzene rings is 1. The molecular weight excluding hydrogens is 298 g/mol. The molecule has 0 saturated heterocycles. The lowest BCUT2D eigenvalue weighted by Gasteiger charge is -2.27. The Labute approximate surface area is 137 Å². The zero-order chi connectivity index (χ0) is 16.2. The van der Waals surface area contributed by atoms with Crippen LogP contribution in [0.25, 0.3) is 0 Å². The Bertz CT molecular complexity index is 524. The molecule has 2 nitrogen and oxygen atoms in total. The van der Waals surface area contributed by atoms with Crippen molar-refractivity contribution in [1.29, 1.82) is 0 Å². The van der Waals surface area contributed by atoms with Crippen molar-refractivity contribution in [2.75, 3.05) is 13.3 Å². The van der Waals surface area contributed by atoms with E-state index in [1.807, 2.05) is 6.07 Å². The Kier molecular flexibility index (Phi) is 5.52. The Hall–Kier alpha value is -1.16. The fraction of sp³-hybridized carbons (Fsp3) is 0.684. The maximum atomic E-state index is 14.3. The van der Waals surface area contributed by atoms with Gasteiger partial charge in [-0.05, 0) is 41.9 Å². The summed E-state index contributed by atoms with van der Waals surface area (Å²) in [5.41, 5.74) is 1.50. The SMILES string of the molecule is CC1CCC(COc2cc(F)c3c(c2)COC(CCF)C3)CC1. The van der Waals surface area contributed by atoms with E-state index in [-0.39, 0.29) is 11.9 Å². The summed E-state index contributed by atoms with van der Waals surface area (Å²) in [6, 6.07) is 3.36. The van der Waals surface area contributed by atoms with Gasteiger partial charge in [0.05, 0.1) is 26.0 Å². The normalized spacial score (nSPS) is 27.5. The van der Waals surface area contributed by atoms with Crippen LogP contribution in [0.1, 0.15) is 50.2 Å². The second-order valence-corrected chi connectivity index (χ2v) is 7.09. The Balaban J connectivity index is 1.60. The Morgan fingerprint density at radius 3 is 2.74 bits per heavy atom. The van der Waals surface area contributed by atoms with Crippen molar-refractivity contribution in [1.82, 2.24) is 0 Å². The van der Waals surface area contributed by atoms with Crippen molar-refractivity contribution in [3.63, 3.8) is 0 Å². The van der Waals surface area contributed by atoms with Gasteiger partial charge in [0.1, 0.15) is 11.6 Å². The second-order valence-electron chi connectivity index (χ2n) is 7.09. The standard InChI is InChI=1S/C19H26F2O2/c1-13-2-4-14(5-3-13)11-22-17-8-15-12-23-16(6-7-20)9-18(15)19(21)10-17/h8,10,13-14,16H,2-7,9,11-12H2,1H3. The van der Waals surface area contributed by atoms with Crippen molar-refractivity contribution < 1.29 is 18.3 Å². The van der Waals surface area contributed by atoms with E-state index < -0.39 is 6.67 Å². The molecule has 3 rings (SSSR count). The maximum Gasteiger partial charge on any atom is 0.130 e. The number of fused-ring (bicyclic) bond motifs is 1. The van der Waals surface area contributed by atoms with Crippen LogP contribution in [0.3, 0.4) is 0 Å². The zero-order valence-electron chi connectivity index (χ0n) is 13.8. The summed E-state index contributed by atoms with van der Waals surface area (Å²) >= 11 is 0. The molecule has 1 aromatic rings. The topological polar surface area (TPSA) is 18.5 Å². The minimum Gasteiger partial charge on any atom is -0.493 e. The molecule has 1 aliphatic carbocycles. The van der Waals surface area contributed by atoms with Gasteiger partial charge >= 0.3 is 0 Å². The first-order valence-corrected chi connectivity index (χ1v) is 8.77. The van der Waals surface area contributed by atoms with E-state index in [0.29, 0.717) is 43.3 Å². The zero-order valence-corrected chi connectivity index (χ0v) is 13.8. The molecular formula is C19H26F2O2. The molecule has 0 amide bonds. The smallest absolute Gasteiger partial charge is 0.130 e. The molecule has 1 heterocycles. The molecule has 1 aromatic carbocycles. The van der Waals surface area contributed by atoms with Crippen LogP contribution in [0.15, 0.2) is 12.1 Å². The molecule has 1 atom stereocenters. The summed E-state index contributed by atoms with van der Waals surface area (Å²) in [6.45, 7) is 2.88. The first-order valence-electron chi connectivity index (χ1n) is 8.77. The van der Waals surface area contributed by atoms with Crippen LogP contribution in [0.2, 0.25) is 0 Å². The summed E-state index contributed by atoms with van der Waals surface area (Å²) in [5, 5.41) is 0. The predicted octanol–water partition coefficient (Wildman–Crippen LogP) is 4.83. The van der Waals surface area contributed by atoms with Gasteiger partial charge in [0, 0.05) is 18.9 Å². The average Bonchev–Trinajstić information content (AvgIpc) is 2.55. The molecule has 0 spiro atoms. The van der Waals surface area contributed by atoms with Crippen LogP contribution >= 0.6 is 0 Å². The molecule has 1 unspecified atom stereocenters. The largest absolute Gasteiger partial charge is 0.493 e. The maximum absolute atomic E-state index is 14.3. The van der Waals surface area contributed by atoms with Gasteiger partial charge in [-0.3, -0.25) is 4.39 Å². The third kappa shape index (κ3) is 4.23.